The quantitative estimate of drug-likeness (QED) is 0.755. The van der Waals surface area contributed by atoms with E-state index >= 15 is 0 Å². The Labute approximate surface area is 178 Å². The summed E-state index contributed by atoms with van der Waals surface area (Å²) in [5, 5.41) is 3.11. The largest absolute Gasteiger partial charge is 0.496 e. The Balaban J connectivity index is 1.46. The molecule has 162 valence electrons. The standard InChI is InChI=1S/C24H32FN3O2/c1-17-5-6-20(13-18(17)2)19(3)26-24(29)16-28-11-9-27(10-12-28)15-21-14-22(25)7-8-23(21)30-4/h5-8,13-14,19H,9-12,15-16H2,1-4H3,(H,26,29)/t19-/m1/s1. The SMILES string of the molecule is COc1ccc(F)cc1CN1CCN(CC(=O)N[C@H](C)c2ccc(C)c(C)c2)CC1. The van der Waals surface area contributed by atoms with Crippen molar-refractivity contribution in [2.45, 2.75) is 33.4 Å². The van der Waals surface area contributed by atoms with E-state index in [1.54, 1.807) is 13.2 Å². The predicted octanol–water partition coefficient (Wildman–Crippen LogP) is 3.45. The van der Waals surface area contributed by atoms with Gasteiger partial charge in [0.25, 0.3) is 0 Å². The highest BCUT2D eigenvalue weighted by Gasteiger charge is 2.21. The van der Waals surface area contributed by atoms with Crippen LogP contribution in [0.3, 0.4) is 0 Å². The number of carbonyl (C=O) groups is 1. The number of hydrogen-bond acceptors (Lipinski definition) is 4. The molecule has 1 N–H and O–H groups in total. The Bertz CT molecular complexity index is 879. The molecular weight excluding hydrogens is 381 g/mol. The van der Waals surface area contributed by atoms with Crippen LogP contribution in [0, 0.1) is 19.7 Å². The third-order valence-corrected chi connectivity index (χ3v) is 5.88. The Morgan fingerprint density at radius 3 is 2.43 bits per heavy atom. The van der Waals surface area contributed by atoms with Gasteiger partial charge < -0.3 is 10.1 Å². The van der Waals surface area contributed by atoms with Crippen molar-refractivity contribution in [1.82, 2.24) is 15.1 Å². The fraction of sp³-hybridized carbons (Fsp3) is 0.458. The van der Waals surface area contributed by atoms with Crippen LogP contribution < -0.4 is 10.1 Å². The van der Waals surface area contributed by atoms with Crippen LogP contribution in [0.4, 0.5) is 4.39 Å². The third kappa shape index (κ3) is 5.80. The minimum Gasteiger partial charge on any atom is -0.496 e. The Kier molecular flexibility index (Phi) is 7.45. The predicted molar refractivity (Wildman–Crippen MR) is 117 cm³/mol. The number of aryl methyl sites for hydroxylation is 2. The van der Waals surface area contributed by atoms with Crippen molar-refractivity contribution in [2.24, 2.45) is 0 Å². The summed E-state index contributed by atoms with van der Waals surface area (Å²) in [6.07, 6.45) is 0. The van der Waals surface area contributed by atoms with Gasteiger partial charge in [-0.25, -0.2) is 4.39 Å². The molecule has 5 nitrogen and oxygen atoms in total. The van der Waals surface area contributed by atoms with Gasteiger partial charge in [0, 0.05) is 38.3 Å². The number of nitrogens with zero attached hydrogens (tertiary/aromatic N) is 2. The number of ether oxygens (including phenoxy) is 1. The molecular formula is C24H32FN3O2. The van der Waals surface area contributed by atoms with E-state index in [1.807, 2.05) is 6.92 Å². The van der Waals surface area contributed by atoms with E-state index in [9.17, 15) is 9.18 Å². The molecule has 0 radical (unpaired) electrons. The Hall–Kier alpha value is -2.44. The zero-order valence-corrected chi connectivity index (χ0v) is 18.4. The van der Waals surface area contributed by atoms with E-state index in [2.05, 4.69) is 47.2 Å². The number of carbonyl (C=O) groups excluding carboxylic acids is 1. The van der Waals surface area contributed by atoms with E-state index in [-0.39, 0.29) is 17.8 Å². The summed E-state index contributed by atoms with van der Waals surface area (Å²) in [4.78, 5) is 17.0. The summed E-state index contributed by atoms with van der Waals surface area (Å²) in [6, 6.07) is 10.9. The van der Waals surface area contributed by atoms with Gasteiger partial charge in [-0.1, -0.05) is 18.2 Å². The minimum absolute atomic E-state index is 0.0152. The molecule has 3 rings (SSSR count). The molecule has 1 saturated heterocycles. The summed E-state index contributed by atoms with van der Waals surface area (Å²) in [7, 11) is 1.60. The number of methoxy groups -OCH3 is 1. The van der Waals surface area contributed by atoms with Crippen LogP contribution >= 0.6 is 0 Å². The van der Waals surface area contributed by atoms with Crippen LogP contribution in [0.5, 0.6) is 5.75 Å². The number of piperazine rings is 1. The number of halogens is 1. The van der Waals surface area contributed by atoms with Gasteiger partial charge >= 0.3 is 0 Å². The molecule has 1 aliphatic rings. The van der Waals surface area contributed by atoms with Crippen molar-refractivity contribution in [3.63, 3.8) is 0 Å². The van der Waals surface area contributed by atoms with Gasteiger partial charge in [0.2, 0.25) is 5.91 Å². The fourth-order valence-electron chi connectivity index (χ4n) is 3.82. The first kappa shape index (κ1) is 22.2. The van der Waals surface area contributed by atoms with Crippen LogP contribution in [0.25, 0.3) is 0 Å². The van der Waals surface area contributed by atoms with Crippen molar-refractivity contribution >= 4 is 5.91 Å². The van der Waals surface area contributed by atoms with E-state index in [1.165, 1.54) is 23.3 Å². The maximum atomic E-state index is 13.6. The highest BCUT2D eigenvalue weighted by molar-refractivity contribution is 5.78. The van der Waals surface area contributed by atoms with E-state index in [4.69, 9.17) is 4.74 Å². The number of hydrogen-bond donors (Lipinski definition) is 1. The van der Waals surface area contributed by atoms with Crippen molar-refractivity contribution < 1.29 is 13.9 Å². The second-order valence-electron chi connectivity index (χ2n) is 8.14. The first-order chi connectivity index (χ1) is 14.4. The highest BCUT2D eigenvalue weighted by atomic mass is 19.1. The minimum atomic E-state index is -0.251. The van der Waals surface area contributed by atoms with Crippen molar-refractivity contribution in [1.29, 1.82) is 0 Å². The number of nitrogens with one attached hydrogen (secondary N) is 1. The molecule has 0 bridgehead atoms. The molecule has 2 aromatic carbocycles. The van der Waals surface area contributed by atoms with Gasteiger partial charge in [0.05, 0.1) is 19.7 Å². The lowest BCUT2D eigenvalue weighted by Gasteiger charge is -2.34. The number of amides is 1. The number of benzene rings is 2. The second-order valence-corrected chi connectivity index (χ2v) is 8.14. The van der Waals surface area contributed by atoms with Gasteiger partial charge in [-0.15, -0.1) is 0 Å². The van der Waals surface area contributed by atoms with E-state index in [0.717, 1.165) is 37.3 Å². The molecule has 6 heteroatoms. The molecule has 1 fully saturated rings. The van der Waals surface area contributed by atoms with Crippen LogP contribution in [-0.2, 0) is 11.3 Å². The molecule has 1 heterocycles. The average molecular weight is 414 g/mol. The summed E-state index contributed by atoms with van der Waals surface area (Å²) >= 11 is 0. The smallest absolute Gasteiger partial charge is 0.234 e. The lowest BCUT2D eigenvalue weighted by atomic mass is 10.0. The van der Waals surface area contributed by atoms with Gasteiger partial charge in [0.1, 0.15) is 11.6 Å². The molecule has 0 aromatic heterocycles. The van der Waals surface area contributed by atoms with Crippen LogP contribution in [0.2, 0.25) is 0 Å². The zero-order chi connectivity index (χ0) is 21.7. The van der Waals surface area contributed by atoms with Crippen molar-refractivity contribution in [3.8, 4) is 5.75 Å². The van der Waals surface area contributed by atoms with Crippen LogP contribution in [0.15, 0.2) is 36.4 Å². The maximum absolute atomic E-state index is 13.6. The molecule has 1 amide bonds. The highest BCUT2D eigenvalue weighted by Crippen LogP contribution is 2.22. The zero-order valence-electron chi connectivity index (χ0n) is 18.4. The van der Waals surface area contributed by atoms with Crippen LogP contribution in [0.1, 0.15) is 35.2 Å². The molecule has 1 atom stereocenters. The Morgan fingerprint density at radius 1 is 1.07 bits per heavy atom. The van der Waals surface area contributed by atoms with Crippen LogP contribution in [-0.4, -0.2) is 55.5 Å². The van der Waals surface area contributed by atoms with Crippen molar-refractivity contribution in [2.75, 3.05) is 39.8 Å². The summed E-state index contributed by atoms with van der Waals surface area (Å²) in [6.45, 7) is 10.5. The molecule has 0 saturated carbocycles. The topological polar surface area (TPSA) is 44.8 Å². The Morgan fingerprint density at radius 2 is 1.77 bits per heavy atom. The van der Waals surface area contributed by atoms with E-state index in [0.29, 0.717) is 18.8 Å². The summed E-state index contributed by atoms with van der Waals surface area (Å²) in [5.41, 5.74) is 4.47. The van der Waals surface area contributed by atoms with Crippen molar-refractivity contribution in [3.05, 3.63) is 64.5 Å². The molecule has 1 aliphatic heterocycles. The second kappa shape index (κ2) is 10.0. The van der Waals surface area contributed by atoms with Gasteiger partial charge in [0.15, 0.2) is 0 Å². The monoisotopic (exact) mass is 413 g/mol. The summed E-state index contributed by atoms with van der Waals surface area (Å²) in [5.74, 6) is 0.499. The molecule has 0 spiro atoms. The normalized spacial score (nSPS) is 16.3. The fourth-order valence-corrected chi connectivity index (χ4v) is 3.82. The molecule has 0 unspecified atom stereocenters. The first-order valence-corrected chi connectivity index (χ1v) is 10.5. The first-order valence-electron chi connectivity index (χ1n) is 10.5. The van der Waals surface area contributed by atoms with Gasteiger partial charge in [-0.3, -0.25) is 14.6 Å². The van der Waals surface area contributed by atoms with E-state index < -0.39 is 0 Å². The molecule has 2 aromatic rings. The lowest BCUT2D eigenvalue weighted by molar-refractivity contribution is -0.123. The summed E-state index contributed by atoms with van der Waals surface area (Å²) < 4.78 is 18.9. The number of rotatable bonds is 7. The van der Waals surface area contributed by atoms with Gasteiger partial charge in [-0.2, -0.15) is 0 Å². The molecule has 30 heavy (non-hydrogen) atoms. The third-order valence-electron chi connectivity index (χ3n) is 5.88. The van der Waals surface area contributed by atoms with Gasteiger partial charge in [-0.05, 0) is 55.7 Å². The lowest BCUT2D eigenvalue weighted by Crippen LogP contribution is -2.49. The molecule has 0 aliphatic carbocycles. The maximum Gasteiger partial charge on any atom is 0.234 e. The average Bonchev–Trinajstić information content (AvgIpc) is 2.71.